The quantitative estimate of drug-likeness (QED) is 0.935. The van der Waals surface area contributed by atoms with Crippen molar-refractivity contribution in [2.75, 3.05) is 0 Å². The minimum absolute atomic E-state index is 0.0166. The summed E-state index contributed by atoms with van der Waals surface area (Å²) in [6.07, 6.45) is 2.17. The van der Waals surface area contributed by atoms with E-state index in [0.717, 1.165) is 0 Å². The van der Waals surface area contributed by atoms with Crippen molar-refractivity contribution in [2.24, 2.45) is 11.1 Å². The predicted octanol–water partition coefficient (Wildman–Crippen LogP) is 2.70. The van der Waals surface area contributed by atoms with Gasteiger partial charge in [-0.25, -0.2) is 0 Å². The van der Waals surface area contributed by atoms with Crippen LogP contribution in [0.15, 0.2) is 22.9 Å². The summed E-state index contributed by atoms with van der Waals surface area (Å²) in [6.45, 7) is 6.22. The van der Waals surface area contributed by atoms with Crippen LogP contribution in [-0.4, -0.2) is 21.2 Å². The molecule has 0 aromatic carbocycles. The van der Waals surface area contributed by atoms with Crippen molar-refractivity contribution in [1.82, 2.24) is 15.1 Å². The molecule has 0 spiro atoms. The van der Waals surface area contributed by atoms with Gasteiger partial charge in [0.15, 0.2) is 0 Å². The van der Waals surface area contributed by atoms with E-state index in [1.807, 2.05) is 0 Å². The van der Waals surface area contributed by atoms with E-state index in [0.29, 0.717) is 28.9 Å². The van der Waals surface area contributed by atoms with Crippen molar-refractivity contribution in [2.45, 2.75) is 33.2 Å². The van der Waals surface area contributed by atoms with Crippen molar-refractivity contribution in [3.63, 3.8) is 0 Å². The van der Waals surface area contributed by atoms with E-state index in [4.69, 9.17) is 21.9 Å². The molecular weight excluding hydrogens is 264 g/mol. The second-order valence-electron chi connectivity index (χ2n) is 5.52. The lowest BCUT2D eigenvalue weighted by atomic mass is 9.85. The molecule has 1 atom stereocenters. The first-order chi connectivity index (χ1) is 8.88. The van der Waals surface area contributed by atoms with Crippen LogP contribution in [0.3, 0.4) is 0 Å². The molecule has 0 radical (unpaired) electrons. The van der Waals surface area contributed by atoms with Crippen molar-refractivity contribution < 1.29 is 4.52 Å². The van der Waals surface area contributed by atoms with Crippen molar-refractivity contribution in [1.29, 1.82) is 0 Å². The average Bonchev–Trinajstić information content (AvgIpc) is 2.76. The molecule has 2 rings (SSSR count). The van der Waals surface area contributed by atoms with Crippen LogP contribution < -0.4 is 5.73 Å². The monoisotopic (exact) mass is 280 g/mol. The van der Waals surface area contributed by atoms with E-state index >= 15 is 0 Å². The van der Waals surface area contributed by atoms with E-state index in [9.17, 15) is 0 Å². The largest absolute Gasteiger partial charge is 0.339 e. The van der Waals surface area contributed by atoms with Crippen LogP contribution in [-0.2, 0) is 6.42 Å². The Bertz CT molecular complexity index is 562. The zero-order valence-electron chi connectivity index (χ0n) is 11.2. The van der Waals surface area contributed by atoms with Crippen LogP contribution in [0, 0.1) is 5.41 Å². The molecule has 102 valence electrons. The van der Waals surface area contributed by atoms with Gasteiger partial charge in [0.05, 0.1) is 5.02 Å². The number of rotatable bonds is 3. The van der Waals surface area contributed by atoms with Crippen LogP contribution in [0.5, 0.6) is 0 Å². The molecule has 0 saturated heterocycles. The molecule has 6 heteroatoms. The van der Waals surface area contributed by atoms with Crippen LogP contribution in [0.4, 0.5) is 0 Å². The number of hydrogen-bond acceptors (Lipinski definition) is 5. The normalized spacial score (nSPS) is 13.5. The third-order valence-electron chi connectivity index (χ3n) is 2.95. The molecule has 0 amide bonds. The van der Waals surface area contributed by atoms with Gasteiger partial charge in [-0.1, -0.05) is 37.5 Å². The Morgan fingerprint density at radius 3 is 2.79 bits per heavy atom. The highest BCUT2D eigenvalue weighted by Crippen LogP contribution is 2.24. The average molecular weight is 281 g/mol. The maximum Gasteiger partial charge on any atom is 0.228 e. The Morgan fingerprint density at radius 1 is 1.42 bits per heavy atom. The summed E-state index contributed by atoms with van der Waals surface area (Å²) in [7, 11) is 0. The number of nitrogens with two attached hydrogens (primary N) is 1. The maximum absolute atomic E-state index is 6.09. The summed E-state index contributed by atoms with van der Waals surface area (Å²) >= 11 is 6.04. The summed E-state index contributed by atoms with van der Waals surface area (Å²) in [5, 5.41) is 4.39. The number of hydrogen-bond donors (Lipinski definition) is 1. The summed E-state index contributed by atoms with van der Waals surface area (Å²) in [6, 6.07) is 3.43. The van der Waals surface area contributed by atoms with Gasteiger partial charge in [0.1, 0.15) is 5.69 Å². The summed E-state index contributed by atoms with van der Waals surface area (Å²) in [4.78, 5) is 8.43. The maximum atomic E-state index is 6.09. The molecule has 0 aliphatic carbocycles. The molecule has 0 bridgehead atoms. The third-order valence-corrected chi connectivity index (χ3v) is 3.25. The Balaban J connectivity index is 2.19. The molecular formula is C13H17ClN4O. The Morgan fingerprint density at radius 2 is 2.16 bits per heavy atom. The van der Waals surface area contributed by atoms with Crippen LogP contribution in [0.25, 0.3) is 11.5 Å². The standard InChI is InChI=1S/C13H17ClN4O/c1-13(2,3)9(15)7-10-17-12(18-19-10)11-8(14)5-4-6-16-11/h4-6,9H,7,15H2,1-3H3. The molecule has 0 aliphatic rings. The lowest BCUT2D eigenvalue weighted by Crippen LogP contribution is -2.36. The Labute approximate surface area is 117 Å². The van der Waals surface area contributed by atoms with Crippen molar-refractivity contribution in [3.8, 4) is 11.5 Å². The lowest BCUT2D eigenvalue weighted by molar-refractivity contribution is 0.286. The van der Waals surface area contributed by atoms with E-state index < -0.39 is 0 Å². The molecule has 1 unspecified atom stereocenters. The fourth-order valence-corrected chi connectivity index (χ4v) is 1.68. The second kappa shape index (κ2) is 5.27. The van der Waals surface area contributed by atoms with Crippen LogP contribution in [0.2, 0.25) is 5.02 Å². The SMILES string of the molecule is CC(C)(C)C(N)Cc1nc(-c2ncccc2Cl)no1. The number of pyridine rings is 1. The van der Waals surface area contributed by atoms with Crippen LogP contribution >= 0.6 is 11.6 Å². The van der Waals surface area contributed by atoms with Gasteiger partial charge in [0.2, 0.25) is 11.7 Å². The van der Waals surface area contributed by atoms with Gasteiger partial charge in [-0.3, -0.25) is 4.98 Å². The fraction of sp³-hybridized carbons (Fsp3) is 0.462. The number of nitrogens with zero attached hydrogens (tertiary/aromatic N) is 3. The van der Waals surface area contributed by atoms with E-state index in [2.05, 4.69) is 35.9 Å². The highest BCUT2D eigenvalue weighted by molar-refractivity contribution is 6.32. The minimum atomic E-state index is -0.0556. The molecule has 2 aromatic rings. The van der Waals surface area contributed by atoms with Gasteiger partial charge in [-0.2, -0.15) is 4.98 Å². The number of aromatic nitrogens is 3. The first-order valence-electron chi connectivity index (χ1n) is 6.07. The van der Waals surface area contributed by atoms with Gasteiger partial charge in [0.25, 0.3) is 0 Å². The topological polar surface area (TPSA) is 77.8 Å². The first kappa shape index (κ1) is 14.0. The van der Waals surface area contributed by atoms with Gasteiger partial charge < -0.3 is 10.3 Å². The van der Waals surface area contributed by atoms with E-state index in [1.165, 1.54) is 0 Å². The highest BCUT2D eigenvalue weighted by atomic mass is 35.5. The molecule has 2 N–H and O–H groups in total. The van der Waals surface area contributed by atoms with Gasteiger partial charge in [0, 0.05) is 18.7 Å². The van der Waals surface area contributed by atoms with Crippen LogP contribution in [0.1, 0.15) is 26.7 Å². The van der Waals surface area contributed by atoms with Gasteiger partial charge in [-0.15, -0.1) is 0 Å². The smallest absolute Gasteiger partial charge is 0.228 e. The zero-order chi connectivity index (χ0) is 14.0. The fourth-order valence-electron chi connectivity index (χ4n) is 1.48. The second-order valence-corrected chi connectivity index (χ2v) is 5.93. The van der Waals surface area contributed by atoms with Gasteiger partial charge >= 0.3 is 0 Å². The van der Waals surface area contributed by atoms with E-state index in [-0.39, 0.29) is 11.5 Å². The summed E-state index contributed by atoms with van der Waals surface area (Å²) in [5.74, 6) is 0.890. The predicted molar refractivity (Wildman–Crippen MR) is 73.7 cm³/mol. The molecule has 0 aliphatic heterocycles. The zero-order valence-corrected chi connectivity index (χ0v) is 12.0. The Kier molecular flexibility index (Phi) is 3.87. The van der Waals surface area contributed by atoms with Crippen molar-refractivity contribution in [3.05, 3.63) is 29.2 Å². The minimum Gasteiger partial charge on any atom is -0.339 e. The summed E-state index contributed by atoms with van der Waals surface area (Å²) in [5.41, 5.74) is 6.59. The summed E-state index contributed by atoms with van der Waals surface area (Å²) < 4.78 is 5.20. The first-order valence-corrected chi connectivity index (χ1v) is 6.45. The molecule has 2 aromatic heterocycles. The molecule has 0 saturated carbocycles. The molecule has 0 fully saturated rings. The highest BCUT2D eigenvalue weighted by Gasteiger charge is 2.23. The molecule has 5 nitrogen and oxygen atoms in total. The van der Waals surface area contributed by atoms with Gasteiger partial charge in [-0.05, 0) is 17.5 Å². The number of halogens is 1. The third kappa shape index (κ3) is 3.30. The van der Waals surface area contributed by atoms with Crippen molar-refractivity contribution >= 4 is 11.6 Å². The lowest BCUT2D eigenvalue weighted by Gasteiger charge is -2.25. The van der Waals surface area contributed by atoms with E-state index in [1.54, 1.807) is 18.3 Å². The molecule has 2 heterocycles. The molecule has 19 heavy (non-hydrogen) atoms. The Hall–Kier alpha value is -1.46.